The number of hydrogen-bond donors (Lipinski definition) is 0. The Bertz CT molecular complexity index is 325. The molecule has 0 N–H and O–H groups in total. The maximum absolute atomic E-state index is 13.3. The summed E-state index contributed by atoms with van der Waals surface area (Å²) in [6.07, 6.45) is -1.91. The molecule has 90 valence electrons. The molecular formula is C10H13FO5. The lowest BCUT2D eigenvalue weighted by atomic mass is 10.1. The molecule has 3 atom stereocenters. The summed E-state index contributed by atoms with van der Waals surface area (Å²) >= 11 is 0. The Morgan fingerprint density at radius 3 is 2.38 bits per heavy atom. The molecule has 1 aliphatic rings. The summed E-state index contributed by atoms with van der Waals surface area (Å²) in [4.78, 5) is 21.6. The van der Waals surface area contributed by atoms with E-state index in [9.17, 15) is 14.0 Å². The molecule has 0 amide bonds. The van der Waals surface area contributed by atoms with Gasteiger partial charge in [-0.15, -0.1) is 0 Å². The van der Waals surface area contributed by atoms with Crippen LogP contribution >= 0.6 is 0 Å². The fraction of sp³-hybridized carbons (Fsp3) is 0.600. The first-order valence-corrected chi connectivity index (χ1v) is 4.77. The number of rotatable bonds is 2. The normalized spacial score (nSPS) is 28.8. The quantitative estimate of drug-likeness (QED) is 0.666. The van der Waals surface area contributed by atoms with Crippen LogP contribution in [0.5, 0.6) is 0 Å². The van der Waals surface area contributed by atoms with Crippen molar-refractivity contribution >= 4 is 11.9 Å². The van der Waals surface area contributed by atoms with Crippen molar-refractivity contribution in [3.8, 4) is 0 Å². The van der Waals surface area contributed by atoms with Crippen LogP contribution in [0, 0.1) is 0 Å². The number of esters is 2. The van der Waals surface area contributed by atoms with Crippen LogP contribution in [-0.4, -0.2) is 30.3 Å². The SMILES string of the molecule is CC(=O)O[C@@H]1[C@H](C)OC=C(F)[C@@H]1OC(C)=O. The average molecular weight is 232 g/mol. The summed E-state index contributed by atoms with van der Waals surface area (Å²) in [5.74, 6) is -2.02. The summed E-state index contributed by atoms with van der Waals surface area (Å²) in [5, 5.41) is 0. The molecule has 0 fully saturated rings. The predicted octanol–water partition coefficient (Wildman–Crippen LogP) is 1.08. The lowest BCUT2D eigenvalue weighted by Crippen LogP contribution is -2.45. The minimum absolute atomic E-state index is 0.576. The third-order valence-electron chi connectivity index (χ3n) is 2.02. The molecule has 0 bridgehead atoms. The first kappa shape index (κ1) is 12.5. The molecule has 16 heavy (non-hydrogen) atoms. The fourth-order valence-corrected chi connectivity index (χ4v) is 1.37. The van der Waals surface area contributed by atoms with E-state index in [-0.39, 0.29) is 0 Å². The van der Waals surface area contributed by atoms with E-state index >= 15 is 0 Å². The van der Waals surface area contributed by atoms with Gasteiger partial charge in [-0.05, 0) is 6.92 Å². The van der Waals surface area contributed by atoms with Crippen molar-refractivity contribution in [3.63, 3.8) is 0 Å². The third-order valence-corrected chi connectivity index (χ3v) is 2.02. The van der Waals surface area contributed by atoms with Crippen LogP contribution in [0.25, 0.3) is 0 Å². The molecule has 0 saturated heterocycles. The fourth-order valence-electron chi connectivity index (χ4n) is 1.37. The summed E-state index contributed by atoms with van der Waals surface area (Å²) < 4.78 is 27.9. The van der Waals surface area contributed by atoms with E-state index in [0.717, 1.165) is 13.2 Å². The van der Waals surface area contributed by atoms with Crippen LogP contribution in [0.15, 0.2) is 12.1 Å². The zero-order valence-corrected chi connectivity index (χ0v) is 9.23. The molecule has 0 unspecified atom stereocenters. The van der Waals surface area contributed by atoms with Crippen molar-refractivity contribution in [1.82, 2.24) is 0 Å². The molecule has 0 aliphatic carbocycles. The topological polar surface area (TPSA) is 61.8 Å². The van der Waals surface area contributed by atoms with E-state index in [2.05, 4.69) is 0 Å². The van der Waals surface area contributed by atoms with Crippen molar-refractivity contribution < 1.29 is 28.2 Å². The highest BCUT2D eigenvalue weighted by atomic mass is 19.1. The Balaban J connectivity index is 2.85. The average Bonchev–Trinajstić information content (AvgIpc) is 2.16. The van der Waals surface area contributed by atoms with Gasteiger partial charge in [0.15, 0.2) is 18.0 Å². The molecule has 0 saturated carbocycles. The van der Waals surface area contributed by atoms with Crippen molar-refractivity contribution in [3.05, 3.63) is 12.1 Å². The van der Waals surface area contributed by atoms with Crippen LogP contribution in [0.3, 0.4) is 0 Å². The monoisotopic (exact) mass is 232 g/mol. The van der Waals surface area contributed by atoms with E-state index in [1.54, 1.807) is 6.92 Å². The zero-order valence-electron chi connectivity index (χ0n) is 9.23. The van der Waals surface area contributed by atoms with Gasteiger partial charge in [0.2, 0.25) is 0 Å². The summed E-state index contributed by atoms with van der Waals surface area (Å²) in [5.41, 5.74) is 0. The molecule has 0 aromatic heterocycles. The molecular weight excluding hydrogens is 219 g/mol. The Labute approximate surface area is 92.2 Å². The van der Waals surface area contributed by atoms with Crippen molar-refractivity contribution in [1.29, 1.82) is 0 Å². The van der Waals surface area contributed by atoms with E-state index in [0.29, 0.717) is 0 Å². The summed E-state index contributed by atoms with van der Waals surface area (Å²) in [6.45, 7) is 3.93. The number of hydrogen-bond acceptors (Lipinski definition) is 5. The smallest absolute Gasteiger partial charge is 0.303 e. The molecule has 0 radical (unpaired) electrons. The van der Waals surface area contributed by atoms with Crippen LogP contribution in [0.2, 0.25) is 0 Å². The number of ether oxygens (including phenoxy) is 3. The summed E-state index contributed by atoms with van der Waals surface area (Å²) in [7, 11) is 0. The van der Waals surface area contributed by atoms with Crippen LogP contribution in [-0.2, 0) is 23.8 Å². The van der Waals surface area contributed by atoms with Gasteiger partial charge in [0, 0.05) is 13.8 Å². The number of halogens is 1. The molecule has 0 aromatic rings. The second-order valence-corrected chi connectivity index (χ2v) is 3.45. The first-order valence-electron chi connectivity index (χ1n) is 4.77. The molecule has 0 spiro atoms. The highest BCUT2D eigenvalue weighted by Crippen LogP contribution is 2.25. The third kappa shape index (κ3) is 2.95. The van der Waals surface area contributed by atoms with Gasteiger partial charge in [-0.3, -0.25) is 9.59 Å². The molecule has 1 rings (SSSR count). The highest BCUT2D eigenvalue weighted by molar-refractivity contribution is 5.67. The van der Waals surface area contributed by atoms with E-state index < -0.39 is 36.1 Å². The van der Waals surface area contributed by atoms with Gasteiger partial charge in [0.25, 0.3) is 0 Å². The zero-order chi connectivity index (χ0) is 12.3. The van der Waals surface area contributed by atoms with Crippen molar-refractivity contribution in [2.45, 2.75) is 39.1 Å². The lowest BCUT2D eigenvalue weighted by molar-refractivity contribution is -0.175. The molecule has 1 heterocycles. The maximum Gasteiger partial charge on any atom is 0.303 e. The van der Waals surface area contributed by atoms with Crippen molar-refractivity contribution in [2.24, 2.45) is 0 Å². The van der Waals surface area contributed by atoms with Crippen LogP contribution in [0.1, 0.15) is 20.8 Å². The van der Waals surface area contributed by atoms with Crippen molar-refractivity contribution in [2.75, 3.05) is 0 Å². The maximum atomic E-state index is 13.3. The van der Waals surface area contributed by atoms with Gasteiger partial charge in [0.1, 0.15) is 12.4 Å². The van der Waals surface area contributed by atoms with E-state index in [4.69, 9.17) is 14.2 Å². The highest BCUT2D eigenvalue weighted by Gasteiger charge is 2.39. The first-order chi connectivity index (χ1) is 7.41. The van der Waals surface area contributed by atoms with Crippen LogP contribution in [0.4, 0.5) is 4.39 Å². The van der Waals surface area contributed by atoms with Crippen LogP contribution < -0.4 is 0 Å². The second kappa shape index (κ2) is 4.96. The Hall–Kier alpha value is -1.59. The summed E-state index contributed by atoms with van der Waals surface area (Å²) in [6, 6.07) is 0. The molecule has 1 aliphatic heterocycles. The van der Waals surface area contributed by atoms with Gasteiger partial charge in [0.05, 0.1) is 0 Å². The predicted molar refractivity (Wildman–Crippen MR) is 50.8 cm³/mol. The number of carbonyl (C=O) groups excluding carboxylic acids is 2. The minimum atomic E-state index is -1.23. The Kier molecular flexibility index (Phi) is 3.87. The van der Waals surface area contributed by atoms with Gasteiger partial charge < -0.3 is 14.2 Å². The standard InChI is InChI=1S/C10H13FO5/c1-5-9(15-6(2)12)10(16-7(3)13)8(11)4-14-5/h4-5,9-10H,1-3H3/t5-,9+,10-/m0/s1. The van der Waals surface area contributed by atoms with Gasteiger partial charge in [-0.1, -0.05) is 0 Å². The minimum Gasteiger partial charge on any atom is -0.491 e. The molecule has 6 heteroatoms. The van der Waals surface area contributed by atoms with Gasteiger partial charge >= 0.3 is 11.9 Å². The van der Waals surface area contributed by atoms with E-state index in [1.807, 2.05) is 0 Å². The largest absolute Gasteiger partial charge is 0.491 e. The lowest BCUT2D eigenvalue weighted by Gasteiger charge is -2.32. The number of carbonyl (C=O) groups is 2. The van der Waals surface area contributed by atoms with Gasteiger partial charge in [-0.25, -0.2) is 4.39 Å². The van der Waals surface area contributed by atoms with E-state index in [1.165, 1.54) is 6.92 Å². The molecule has 0 aromatic carbocycles. The second-order valence-electron chi connectivity index (χ2n) is 3.45. The molecule has 5 nitrogen and oxygen atoms in total. The van der Waals surface area contributed by atoms with Gasteiger partial charge in [-0.2, -0.15) is 0 Å². The Morgan fingerprint density at radius 2 is 1.88 bits per heavy atom. The Morgan fingerprint density at radius 1 is 1.31 bits per heavy atom.